The Hall–Kier alpha value is -4.61. The highest BCUT2D eigenvalue weighted by molar-refractivity contribution is 5.91. The molecule has 0 aliphatic carbocycles. The molecule has 2 aliphatic rings. The average molecular weight is 594 g/mol. The van der Waals surface area contributed by atoms with Crippen molar-refractivity contribution in [1.29, 1.82) is 0 Å². The molecule has 5 rings (SSSR count). The van der Waals surface area contributed by atoms with Gasteiger partial charge in [-0.3, -0.25) is 18.7 Å². The number of methoxy groups -OCH3 is 2. The highest BCUT2D eigenvalue weighted by Crippen LogP contribution is 2.29. The Balaban J connectivity index is 1.31. The minimum atomic E-state index is -0.726. The largest absolute Gasteiger partial charge is 0.497 e. The zero-order valence-electron chi connectivity index (χ0n) is 24.8. The van der Waals surface area contributed by atoms with Crippen molar-refractivity contribution < 1.29 is 23.5 Å². The topological polar surface area (TPSA) is 115 Å². The molecule has 11 nitrogen and oxygen atoms in total. The van der Waals surface area contributed by atoms with Crippen molar-refractivity contribution in [2.75, 3.05) is 39.2 Å². The minimum Gasteiger partial charge on any atom is -0.497 e. The monoisotopic (exact) mass is 593 g/mol. The number of nitrogens with one attached hydrogen (secondary N) is 1. The first-order valence-electron chi connectivity index (χ1n) is 14.3. The van der Waals surface area contributed by atoms with E-state index in [0.717, 1.165) is 26.1 Å². The molecule has 0 radical (unpaired) electrons. The minimum absolute atomic E-state index is 0.0166. The summed E-state index contributed by atoms with van der Waals surface area (Å²) in [4.78, 5) is 56.5. The number of likely N-dealkylation sites (tertiary alicyclic amines) is 1. The number of nitrogens with zero attached hydrogens (tertiary/aromatic N) is 4. The molecule has 2 aromatic carbocycles. The lowest BCUT2D eigenvalue weighted by Gasteiger charge is -2.38. The summed E-state index contributed by atoms with van der Waals surface area (Å²) in [6.07, 6.45) is 3.09. The number of halogens is 1. The van der Waals surface area contributed by atoms with E-state index in [4.69, 9.17) is 9.47 Å². The van der Waals surface area contributed by atoms with Crippen LogP contribution >= 0.6 is 0 Å². The van der Waals surface area contributed by atoms with Gasteiger partial charge in [-0.2, -0.15) is 0 Å². The zero-order valence-corrected chi connectivity index (χ0v) is 24.8. The number of rotatable bonds is 7. The first-order chi connectivity index (χ1) is 20.6. The van der Waals surface area contributed by atoms with Crippen LogP contribution in [0.5, 0.6) is 11.5 Å². The van der Waals surface area contributed by atoms with Crippen LogP contribution in [0.3, 0.4) is 0 Å². The number of anilines is 1. The first kappa shape index (κ1) is 29.9. The van der Waals surface area contributed by atoms with Crippen LogP contribution in [0.15, 0.2) is 52.2 Å². The highest BCUT2D eigenvalue weighted by Gasteiger charge is 2.32. The molecule has 3 heterocycles. The van der Waals surface area contributed by atoms with Crippen molar-refractivity contribution in [1.82, 2.24) is 18.9 Å². The van der Waals surface area contributed by atoms with E-state index >= 15 is 4.39 Å². The molecule has 3 aromatic rings. The van der Waals surface area contributed by atoms with Gasteiger partial charge < -0.3 is 24.6 Å². The lowest BCUT2D eigenvalue weighted by molar-refractivity contribution is -0.133. The van der Waals surface area contributed by atoms with Crippen LogP contribution in [0.4, 0.5) is 14.9 Å². The van der Waals surface area contributed by atoms with Crippen molar-refractivity contribution in [2.24, 2.45) is 0 Å². The normalized spacial score (nSPS) is 15.6. The van der Waals surface area contributed by atoms with Crippen LogP contribution in [-0.4, -0.2) is 70.8 Å². The van der Waals surface area contributed by atoms with Crippen LogP contribution in [0.2, 0.25) is 0 Å². The van der Waals surface area contributed by atoms with Gasteiger partial charge in [0.25, 0.3) is 5.56 Å². The van der Waals surface area contributed by atoms with Crippen molar-refractivity contribution in [2.45, 2.75) is 51.7 Å². The summed E-state index contributed by atoms with van der Waals surface area (Å²) in [5, 5.41) is 2.99. The number of urea groups is 1. The summed E-state index contributed by atoms with van der Waals surface area (Å²) >= 11 is 0. The standard InChI is InChI=1S/C31H36FN5O6/c1-19(2)37-29(39)24(23-6-5-7-26(43-4)28(23)32)17-35(31(37)41)18-27(38)34-13-11-21(12-14-34)36-15-10-20-16-22(42-3)8-9-25(20)33-30(36)40/h5-9,16-17,19,21H,10-15,18H2,1-4H3,(H,33,40). The lowest BCUT2D eigenvalue weighted by Crippen LogP contribution is -2.51. The SMILES string of the molecule is COc1ccc2c(c1)CCN(C1CCN(C(=O)Cn3cc(-c4cccc(OC)c4F)c(=O)n(C(C)C)c3=O)CC1)C(=O)N2. The van der Waals surface area contributed by atoms with E-state index in [1.807, 2.05) is 23.1 Å². The Kier molecular flexibility index (Phi) is 8.56. The Morgan fingerprint density at radius 1 is 1.02 bits per heavy atom. The van der Waals surface area contributed by atoms with Crippen molar-refractivity contribution in [3.63, 3.8) is 0 Å². The molecule has 0 atom stereocenters. The molecule has 12 heteroatoms. The third-order valence-corrected chi connectivity index (χ3v) is 8.18. The van der Waals surface area contributed by atoms with Gasteiger partial charge in [-0.05, 0) is 62.9 Å². The van der Waals surface area contributed by atoms with Gasteiger partial charge in [0.05, 0.1) is 19.8 Å². The fourth-order valence-corrected chi connectivity index (χ4v) is 5.83. The van der Waals surface area contributed by atoms with Crippen LogP contribution < -0.4 is 26.0 Å². The maximum atomic E-state index is 15.1. The molecular formula is C31H36FN5O6. The second-order valence-corrected chi connectivity index (χ2v) is 11.1. The van der Waals surface area contributed by atoms with Gasteiger partial charge in [0.2, 0.25) is 5.91 Å². The van der Waals surface area contributed by atoms with E-state index in [2.05, 4.69) is 5.32 Å². The van der Waals surface area contributed by atoms with E-state index in [1.54, 1.807) is 31.9 Å². The fraction of sp³-hybridized carbons (Fsp3) is 0.419. The summed E-state index contributed by atoms with van der Waals surface area (Å²) in [5.41, 5.74) is 0.422. The third-order valence-electron chi connectivity index (χ3n) is 8.18. The van der Waals surface area contributed by atoms with Crippen molar-refractivity contribution in [3.05, 3.63) is 74.8 Å². The fourth-order valence-electron chi connectivity index (χ4n) is 5.83. The number of amides is 3. The molecule has 0 bridgehead atoms. The quantitative estimate of drug-likeness (QED) is 0.449. The van der Waals surface area contributed by atoms with Gasteiger partial charge in [0, 0.05) is 49.2 Å². The van der Waals surface area contributed by atoms with Gasteiger partial charge in [-0.1, -0.05) is 12.1 Å². The predicted molar refractivity (Wildman–Crippen MR) is 159 cm³/mol. The summed E-state index contributed by atoms with van der Waals surface area (Å²) in [6, 6.07) is 9.28. The molecule has 3 amide bonds. The number of carbonyl (C=O) groups excluding carboxylic acids is 2. The van der Waals surface area contributed by atoms with Gasteiger partial charge in [-0.25, -0.2) is 14.0 Å². The van der Waals surface area contributed by atoms with E-state index in [9.17, 15) is 19.2 Å². The van der Waals surface area contributed by atoms with Gasteiger partial charge >= 0.3 is 11.7 Å². The summed E-state index contributed by atoms with van der Waals surface area (Å²) < 4.78 is 27.7. The van der Waals surface area contributed by atoms with Crippen LogP contribution in [0, 0.1) is 5.82 Å². The molecule has 43 heavy (non-hydrogen) atoms. The van der Waals surface area contributed by atoms with Gasteiger partial charge in [0.1, 0.15) is 12.3 Å². The van der Waals surface area contributed by atoms with Crippen molar-refractivity contribution >= 4 is 17.6 Å². The number of carbonyl (C=O) groups is 2. The van der Waals surface area contributed by atoms with E-state index in [-0.39, 0.29) is 41.4 Å². The Morgan fingerprint density at radius 3 is 2.44 bits per heavy atom. The molecule has 2 aliphatic heterocycles. The molecular weight excluding hydrogens is 557 g/mol. The zero-order chi connectivity index (χ0) is 30.8. The van der Waals surface area contributed by atoms with E-state index < -0.39 is 23.1 Å². The summed E-state index contributed by atoms with van der Waals surface area (Å²) in [7, 11) is 2.93. The second-order valence-electron chi connectivity index (χ2n) is 11.1. The number of benzene rings is 2. The first-order valence-corrected chi connectivity index (χ1v) is 14.3. The molecule has 228 valence electrons. The van der Waals surface area contributed by atoms with Crippen LogP contribution in [0.1, 0.15) is 38.3 Å². The second kappa shape index (κ2) is 12.3. The van der Waals surface area contributed by atoms with Gasteiger partial charge in [0.15, 0.2) is 11.6 Å². The highest BCUT2D eigenvalue weighted by atomic mass is 19.1. The molecule has 1 N–H and O–H groups in total. The number of hydrogen-bond donors (Lipinski definition) is 1. The predicted octanol–water partition coefficient (Wildman–Crippen LogP) is 3.50. The molecule has 0 spiro atoms. The van der Waals surface area contributed by atoms with Crippen LogP contribution in [-0.2, 0) is 17.8 Å². The van der Waals surface area contributed by atoms with E-state index in [0.29, 0.717) is 38.9 Å². The lowest BCUT2D eigenvalue weighted by atomic mass is 10.0. The average Bonchev–Trinajstić information content (AvgIpc) is 3.16. The molecule has 1 fully saturated rings. The summed E-state index contributed by atoms with van der Waals surface area (Å²) in [5.74, 6) is -0.328. The summed E-state index contributed by atoms with van der Waals surface area (Å²) in [6.45, 7) is 4.41. The Bertz CT molecular complexity index is 1660. The number of piperidine rings is 1. The molecule has 1 saturated heterocycles. The molecule has 0 unspecified atom stereocenters. The molecule has 0 saturated carbocycles. The van der Waals surface area contributed by atoms with Gasteiger partial charge in [-0.15, -0.1) is 0 Å². The third kappa shape index (κ3) is 5.86. The van der Waals surface area contributed by atoms with Crippen molar-refractivity contribution in [3.8, 4) is 22.6 Å². The smallest absolute Gasteiger partial charge is 0.331 e. The van der Waals surface area contributed by atoms with Crippen LogP contribution in [0.25, 0.3) is 11.1 Å². The Morgan fingerprint density at radius 2 is 1.77 bits per heavy atom. The maximum absolute atomic E-state index is 15.1. The van der Waals surface area contributed by atoms with E-state index in [1.165, 1.54) is 25.4 Å². The maximum Gasteiger partial charge on any atom is 0.331 e. The number of fused-ring (bicyclic) bond motifs is 1. The Labute approximate surface area is 248 Å². The number of aromatic nitrogens is 2. The molecule has 1 aromatic heterocycles. The number of ether oxygens (including phenoxy) is 2. The number of hydrogen-bond acceptors (Lipinski definition) is 6.